The summed E-state index contributed by atoms with van der Waals surface area (Å²) in [5.41, 5.74) is 2.51. The minimum absolute atomic E-state index is 0.0939. The number of esters is 1. The third kappa shape index (κ3) is 5.42. The number of methoxy groups -OCH3 is 1. The Morgan fingerprint density at radius 2 is 1.72 bits per heavy atom. The Morgan fingerprint density at radius 3 is 2.31 bits per heavy atom. The van der Waals surface area contributed by atoms with Gasteiger partial charge in [-0.15, -0.1) is 0 Å². The van der Waals surface area contributed by atoms with E-state index in [0.717, 1.165) is 24.2 Å². The first-order valence-electron chi connectivity index (χ1n) is 9.47. The number of rotatable bonds is 7. The molecule has 1 unspecified atom stereocenters. The maximum atomic E-state index is 12.8. The molecular weight excluding hydrogens is 392 g/mol. The molecule has 1 atom stereocenters. The third-order valence-electron chi connectivity index (χ3n) is 5.00. The first kappa shape index (κ1) is 21.4. The highest BCUT2D eigenvalue weighted by Gasteiger charge is 2.25. The third-order valence-corrected chi connectivity index (χ3v) is 6.44. The topological polar surface area (TPSA) is 84.9 Å². The second kappa shape index (κ2) is 9.49. The lowest BCUT2D eigenvalue weighted by Crippen LogP contribution is -2.43. The van der Waals surface area contributed by atoms with Crippen LogP contribution in [0.2, 0.25) is 0 Å². The van der Waals surface area contributed by atoms with Crippen LogP contribution in [0, 0.1) is 6.92 Å². The van der Waals surface area contributed by atoms with Crippen molar-refractivity contribution >= 4 is 16.0 Å². The van der Waals surface area contributed by atoms with Crippen molar-refractivity contribution in [2.75, 3.05) is 40.0 Å². The van der Waals surface area contributed by atoms with E-state index in [-0.39, 0.29) is 17.5 Å². The Labute approximate surface area is 171 Å². The van der Waals surface area contributed by atoms with Gasteiger partial charge in [0.1, 0.15) is 0 Å². The summed E-state index contributed by atoms with van der Waals surface area (Å²) in [7, 11) is -2.44. The minimum Gasteiger partial charge on any atom is -0.465 e. The average molecular weight is 419 g/mol. The lowest BCUT2D eigenvalue weighted by molar-refractivity contribution is 0.0172. The number of benzene rings is 2. The fourth-order valence-corrected chi connectivity index (χ4v) is 4.33. The second-order valence-corrected chi connectivity index (χ2v) is 8.71. The van der Waals surface area contributed by atoms with Crippen molar-refractivity contribution in [3.05, 3.63) is 65.2 Å². The first-order chi connectivity index (χ1) is 13.9. The number of sulfonamides is 1. The van der Waals surface area contributed by atoms with E-state index in [1.165, 1.54) is 31.4 Å². The molecule has 0 amide bonds. The zero-order valence-corrected chi connectivity index (χ0v) is 17.4. The molecule has 1 N–H and O–H groups in total. The van der Waals surface area contributed by atoms with E-state index in [2.05, 4.69) is 14.4 Å². The molecule has 3 rings (SSSR count). The summed E-state index contributed by atoms with van der Waals surface area (Å²) in [6.45, 7) is 5.01. The van der Waals surface area contributed by atoms with Gasteiger partial charge in [-0.25, -0.2) is 17.9 Å². The number of carbonyl (C=O) groups excluding carboxylic acids is 1. The Hall–Kier alpha value is -2.26. The van der Waals surface area contributed by atoms with Crippen LogP contribution in [0.25, 0.3) is 0 Å². The van der Waals surface area contributed by atoms with Crippen LogP contribution < -0.4 is 4.72 Å². The number of hydrogen-bond acceptors (Lipinski definition) is 6. The van der Waals surface area contributed by atoms with Gasteiger partial charge in [0.2, 0.25) is 10.0 Å². The fourth-order valence-electron chi connectivity index (χ4n) is 3.30. The molecular formula is C21H26N2O5S. The van der Waals surface area contributed by atoms with Crippen molar-refractivity contribution < 1.29 is 22.7 Å². The zero-order valence-electron chi connectivity index (χ0n) is 16.6. The second-order valence-electron chi connectivity index (χ2n) is 6.94. The highest BCUT2D eigenvalue weighted by atomic mass is 32.2. The molecule has 0 bridgehead atoms. The van der Waals surface area contributed by atoms with Crippen LogP contribution in [0.4, 0.5) is 0 Å². The Morgan fingerprint density at radius 1 is 1.10 bits per heavy atom. The van der Waals surface area contributed by atoms with E-state index >= 15 is 0 Å². The van der Waals surface area contributed by atoms with E-state index in [1.54, 1.807) is 0 Å². The average Bonchev–Trinajstić information content (AvgIpc) is 2.75. The van der Waals surface area contributed by atoms with E-state index < -0.39 is 16.0 Å². The van der Waals surface area contributed by atoms with Crippen molar-refractivity contribution in [2.45, 2.75) is 17.9 Å². The first-order valence-corrected chi connectivity index (χ1v) is 11.0. The van der Waals surface area contributed by atoms with Crippen LogP contribution >= 0.6 is 0 Å². The SMILES string of the molecule is COC(=O)c1ccc(S(=O)(=O)NCC(c2ccc(C)cc2)N2CCOCC2)cc1. The van der Waals surface area contributed by atoms with Crippen molar-refractivity contribution in [3.8, 4) is 0 Å². The van der Waals surface area contributed by atoms with Crippen molar-refractivity contribution in [3.63, 3.8) is 0 Å². The predicted octanol–water partition coefficient (Wildman–Crippen LogP) is 2.13. The minimum atomic E-state index is -3.72. The maximum absolute atomic E-state index is 12.8. The largest absolute Gasteiger partial charge is 0.465 e. The fraction of sp³-hybridized carbons (Fsp3) is 0.381. The number of carbonyl (C=O) groups is 1. The van der Waals surface area contributed by atoms with Crippen LogP contribution in [0.5, 0.6) is 0 Å². The number of nitrogens with one attached hydrogen (secondary N) is 1. The molecule has 156 valence electrons. The molecule has 1 aliphatic heterocycles. The molecule has 2 aromatic rings. The Bertz CT molecular complexity index is 921. The molecule has 7 nitrogen and oxygen atoms in total. The monoisotopic (exact) mass is 418 g/mol. The van der Waals surface area contributed by atoms with Gasteiger partial charge in [-0.3, -0.25) is 4.90 Å². The smallest absolute Gasteiger partial charge is 0.337 e. The lowest BCUT2D eigenvalue weighted by atomic mass is 10.0. The normalized spacial score (nSPS) is 16.3. The highest BCUT2D eigenvalue weighted by Crippen LogP contribution is 2.23. The van der Waals surface area contributed by atoms with E-state index in [9.17, 15) is 13.2 Å². The van der Waals surface area contributed by atoms with Gasteiger partial charge in [0.25, 0.3) is 0 Å². The summed E-state index contributed by atoms with van der Waals surface area (Å²) in [4.78, 5) is 13.9. The molecule has 0 radical (unpaired) electrons. The molecule has 0 aliphatic carbocycles. The summed E-state index contributed by atoms with van der Waals surface area (Å²) >= 11 is 0. The molecule has 1 aliphatic rings. The van der Waals surface area contributed by atoms with Crippen LogP contribution in [-0.2, 0) is 19.5 Å². The van der Waals surface area contributed by atoms with Gasteiger partial charge in [-0.1, -0.05) is 29.8 Å². The molecule has 2 aromatic carbocycles. The lowest BCUT2D eigenvalue weighted by Gasteiger charge is -2.35. The molecule has 0 aromatic heterocycles. The van der Waals surface area contributed by atoms with Gasteiger partial charge in [0, 0.05) is 25.7 Å². The molecule has 1 fully saturated rings. The molecule has 0 spiro atoms. The number of hydrogen-bond donors (Lipinski definition) is 1. The summed E-state index contributed by atoms with van der Waals surface area (Å²) in [6.07, 6.45) is 0. The van der Waals surface area contributed by atoms with Crippen LogP contribution in [0.15, 0.2) is 53.4 Å². The Balaban J connectivity index is 1.76. The molecule has 1 saturated heterocycles. The predicted molar refractivity (Wildman–Crippen MR) is 109 cm³/mol. The standard InChI is InChI=1S/C21H26N2O5S/c1-16-3-5-17(6-4-16)20(23-11-13-28-14-12-23)15-22-29(25,26)19-9-7-18(8-10-19)21(24)27-2/h3-10,20,22H,11-15H2,1-2H3. The summed E-state index contributed by atoms with van der Waals surface area (Å²) < 4.78 is 38.4. The Kier molecular flexibility index (Phi) is 7.02. The van der Waals surface area contributed by atoms with Crippen LogP contribution in [0.3, 0.4) is 0 Å². The van der Waals surface area contributed by atoms with Crippen molar-refractivity contribution in [1.82, 2.24) is 9.62 Å². The van der Waals surface area contributed by atoms with Gasteiger partial charge in [-0.05, 0) is 36.8 Å². The summed E-state index contributed by atoms with van der Waals surface area (Å²) in [5.74, 6) is -0.506. The summed E-state index contributed by atoms with van der Waals surface area (Å²) in [5, 5.41) is 0. The van der Waals surface area contributed by atoms with Crippen LogP contribution in [-0.4, -0.2) is 59.2 Å². The van der Waals surface area contributed by atoms with E-state index in [0.29, 0.717) is 18.8 Å². The van der Waals surface area contributed by atoms with E-state index in [4.69, 9.17) is 4.74 Å². The summed E-state index contributed by atoms with van der Waals surface area (Å²) in [6, 6.07) is 13.7. The highest BCUT2D eigenvalue weighted by molar-refractivity contribution is 7.89. The van der Waals surface area contributed by atoms with E-state index in [1.807, 2.05) is 31.2 Å². The maximum Gasteiger partial charge on any atom is 0.337 e. The van der Waals surface area contributed by atoms with Gasteiger partial charge in [0.15, 0.2) is 0 Å². The van der Waals surface area contributed by atoms with Gasteiger partial charge >= 0.3 is 5.97 Å². The van der Waals surface area contributed by atoms with Crippen LogP contribution in [0.1, 0.15) is 27.5 Å². The molecule has 1 heterocycles. The number of aryl methyl sites for hydroxylation is 1. The zero-order chi connectivity index (χ0) is 20.9. The quantitative estimate of drug-likeness (QED) is 0.694. The molecule has 29 heavy (non-hydrogen) atoms. The number of nitrogens with zero attached hydrogens (tertiary/aromatic N) is 1. The number of morpholine rings is 1. The van der Waals surface area contributed by atoms with Crippen molar-refractivity contribution in [1.29, 1.82) is 0 Å². The van der Waals surface area contributed by atoms with Gasteiger partial charge < -0.3 is 9.47 Å². The van der Waals surface area contributed by atoms with Crippen molar-refractivity contribution in [2.24, 2.45) is 0 Å². The molecule has 8 heteroatoms. The molecule has 0 saturated carbocycles. The number of ether oxygens (including phenoxy) is 2. The van der Waals surface area contributed by atoms with Gasteiger partial charge in [-0.2, -0.15) is 0 Å². The van der Waals surface area contributed by atoms with Gasteiger partial charge in [0.05, 0.1) is 30.8 Å².